The molecule has 0 saturated carbocycles. The second-order valence-electron chi connectivity index (χ2n) is 10.2. The Hall–Kier alpha value is -1.09. The Morgan fingerprint density at radius 3 is 2.07 bits per heavy atom. The number of rotatable bonds is 5. The van der Waals surface area contributed by atoms with Gasteiger partial charge in [-0.3, -0.25) is 0 Å². The number of benzene rings is 1. The summed E-state index contributed by atoms with van der Waals surface area (Å²) in [5, 5.41) is 0. The van der Waals surface area contributed by atoms with Crippen LogP contribution in [0.25, 0.3) is 11.3 Å². The van der Waals surface area contributed by atoms with Crippen molar-refractivity contribution in [3.8, 4) is 11.3 Å². The summed E-state index contributed by atoms with van der Waals surface area (Å²) in [7, 11) is 2.23. The number of hydrogen-bond donors (Lipinski definition) is 0. The summed E-state index contributed by atoms with van der Waals surface area (Å²) in [6, 6.07) is 9.55. The molecule has 0 saturated heterocycles. The average Bonchev–Trinajstić information content (AvgIpc) is 2.54. The van der Waals surface area contributed by atoms with Crippen molar-refractivity contribution in [2.45, 2.75) is 83.0 Å². The third kappa shape index (κ3) is 4.85. The molecule has 27 heavy (non-hydrogen) atoms. The van der Waals surface area contributed by atoms with E-state index in [4.69, 9.17) is 0 Å². The maximum absolute atomic E-state index is 2.54. The van der Waals surface area contributed by atoms with E-state index in [2.05, 4.69) is 101 Å². The third-order valence-corrected chi connectivity index (χ3v) is 10.2. The molecule has 2 rings (SSSR count). The van der Waals surface area contributed by atoms with E-state index in [1.54, 1.807) is 9.96 Å². The van der Waals surface area contributed by atoms with E-state index in [0.29, 0.717) is 5.92 Å². The van der Waals surface area contributed by atoms with Crippen molar-refractivity contribution in [3.63, 3.8) is 0 Å². The first-order valence-corrected chi connectivity index (χ1v) is 17.9. The zero-order valence-electron chi connectivity index (χ0n) is 19.3. The van der Waals surface area contributed by atoms with Crippen molar-refractivity contribution in [3.05, 3.63) is 47.2 Å². The van der Waals surface area contributed by atoms with Gasteiger partial charge in [0, 0.05) is 0 Å². The molecule has 1 aromatic carbocycles. The maximum atomic E-state index is 2.54. The van der Waals surface area contributed by atoms with Crippen LogP contribution in [-0.2, 0) is 12.5 Å². The number of aryl methyl sites for hydroxylation is 2. The molecule has 2 heteroatoms. The molecule has 0 fully saturated rings. The van der Waals surface area contributed by atoms with Crippen LogP contribution in [0.5, 0.6) is 0 Å². The molecule has 1 heterocycles. The van der Waals surface area contributed by atoms with Gasteiger partial charge in [-0.1, -0.05) is 0 Å². The fraction of sp³-hybridized carbons (Fsp3) is 0.560. The minimum atomic E-state index is -1.99. The van der Waals surface area contributed by atoms with Gasteiger partial charge in [0.15, 0.2) is 0 Å². The van der Waals surface area contributed by atoms with E-state index in [1.807, 2.05) is 0 Å². The van der Waals surface area contributed by atoms with Crippen molar-refractivity contribution in [1.29, 1.82) is 0 Å². The summed E-state index contributed by atoms with van der Waals surface area (Å²) in [6.45, 7) is 13.8. The van der Waals surface area contributed by atoms with Gasteiger partial charge in [0.05, 0.1) is 0 Å². The quantitative estimate of drug-likeness (QED) is 0.393. The molecular weight excluding hydrogens is 387 g/mol. The normalized spacial score (nSPS) is 12.7. The number of hydrogen-bond acceptors (Lipinski definition) is 0. The van der Waals surface area contributed by atoms with Crippen molar-refractivity contribution in [2.24, 2.45) is 7.05 Å². The Morgan fingerprint density at radius 1 is 1.00 bits per heavy atom. The molecule has 0 unspecified atom stereocenters. The van der Waals surface area contributed by atoms with E-state index in [1.165, 1.54) is 35.2 Å². The Balaban J connectivity index is 2.76. The predicted octanol–water partition coefficient (Wildman–Crippen LogP) is 6.23. The van der Waals surface area contributed by atoms with Crippen LogP contribution in [0.4, 0.5) is 0 Å². The van der Waals surface area contributed by atoms with Crippen LogP contribution >= 0.6 is 0 Å². The molecule has 0 N–H and O–H groups in total. The van der Waals surface area contributed by atoms with Gasteiger partial charge < -0.3 is 0 Å². The summed E-state index contributed by atoms with van der Waals surface area (Å²) in [5.41, 5.74) is 7.29. The fourth-order valence-corrected chi connectivity index (χ4v) is 7.58. The SMILES string of the molecule is CCC(CC)c1c[n+](C)c(-c2cc(C(C)(C)C)ccc2C)c[c]1[Ge]([CH3])([CH3])[CH3]. The second-order valence-corrected chi connectivity index (χ2v) is 20.8. The van der Waals surface area contributed by atoms with Crippen LogP contribution in [0.15, 0.2) is 30.5 Å². The molecule has 0 aliphatic heterocycles. The molecule has 0 aliphatic carbocycles. The molecule has 0 amide bonds. The predicted molar refractivity (Wildman–Crippen MR) is 123 cm³/mol. The summed E-state index contributed by atoms with van der Waals surface area (Å²) in [5.74, 6) is 8.27. The Bertz CT molecular complexity index is 802. The van der Waals surface area contributed by atoms with Gasteiger partial charge in [0.25, 0.3) is 0 Å². The van der Waals surface area contributed by atoms with Gasteiger partial charge in [-0.15, -0.1) is 0 Å². The first-order chi connectivity index (χ1) is 12.4. The topological polar surface area (TPSA) is 3.88 Å². The van der Waals surface area contributed by atoms with Crippen LogP contribution in [0, 0.1) is 6.92 Å². The monoisotopic (exact) mass is 428 g/mol. The Morgan fingerprint density at radius 2 is 1.59 bits per heavy atom. The van der Waals surface area contributed by atoms with Gasteiger partial charge in [0.1, 0.15) is 0 Å². The summed E-state index contributed by atoms with van der Waals surface area (Å²) < 4.78 is 4.05. The summed E-state index contributed by atoms with van der Waals surface area (Å²) >= 11 is -1.99. The average molecular weight is 427 g/mol. The van der Waals surface area contributed by atoms with Crippen molar-refractivity contribution < 1.29 is 4.57 Å². The van der Waals surface area contributed by atoms with E-state index in [-0.39, 0.29) is 5.41 Å². The van der Waals surface area contributed by atoms with Crippen LogP contribution in [0.1, 0.15) is 70.1 Å². The second kappa shape index (κ2) is 8.11. The first-order valence-electron chi connectivity index (χ1n) is 10.6. The molecule has 0 spiro atoms. The molecule has 1 nitrogen and oxygen atoms in total. The van der Waals surface area contributed by atoms with E-state index in [0.717, 1.165) is 0 Å². The van der Waals surface area contributed by atoms with Crippen molar-refractivity contribution in [1.82, 2.24) is 0 Å². The Labute approximate surface area is 170 Å². The first kappa shape index (κ1) is 22.2. The zero-order chi connectivity index (χ0) is 20.6. The van der Waals surface area contributed by atoms with Gasteiger partial charge >= 0.3 is 171 Å². The molecular formula is C25H40GeN+. The minimum absolute atomic E-state index is 0.168. The van der Waals surface area contributed by atoms with Gasteiger partial charge in [-0.05, 0) is 0 Å². The van der Waals surface area contributed by atoms with E-state index in [9.17, 15) is 0 Å². The standard InChI is InChI=1S/C25H40GeN/c1-11-19(12-2)22-17-27(10)24(16-23(22)26(7,8)9)21-15-20(25(4,5)6)14-13-18(21)3/h13-17,19H,11-12H2,1-10H3/q+1. The zero-order valence-corrected chi connectivity index (χ0v) is 21.4. The molecule has 0 atom stereocenters. The molecule has 0 aliphatic rings. The summed E-state index contributed by atoms with van der Waals surface area (Å²) in [6.07, 6.45) is 4.89. The number of nitrogens with zero attached hydrogens (tertiary/aromatic N) is 1. The number of pyridine rings is 1. The summed E-state index contributed by atoms with van der Waals surface area (Å²) in [4.78, 5) is 0. The van der Waals surface area contributed by atoms with Crippen LogP contribution in [0.3, 0.4) is 0 Å². The van der Waals surface area contributed by atoms with Crippen molar-refractivity contribution in [2.75, 3.05) is 0 Å². The van der Waals surface area contributed by atoms with Crippen LogP contribution in [0.2, 0.25) is 17.3 Å². The van der Waals surface area contributed by atoms with E-state index >= 15 is 0 Å². The van der Waals surface area contributed by atoms with Gasteiger partial charge in [0.2, 0.25) is 0 Å². The third-order valence-electron chi connectivity index (χ3n) is 5.92. The van der Waals surface area contributed by atoms with Crippen LogP contribution < -0.4 is 8.96 Å². The fourth-order valence-electron chi connectivity index (χ4n) is 4.01. The molecule has 0 radical (unpaired) electrons. The van der Waals surface area contributed by atoms with Crippen molar-refractivity contribution >= 4 is 17.7 Å². The molecule has 1 aromatic heterocycles. The van der Waals surface area contributed by atoms with Gasteiger partial charge in [-0.2, -0.15) is 0 Å². The molecule has 148 valence electrons. The van der Waals surface area contributed by atoms with E-state index < -0.39 is 13.3 Å². The van der Waals surface area contributed by atoms with Crippen LogP contribution in [-0.4, -0.2) is 13.3 Å². The molecule has 0 bridgehead atoms. The Kier molecular flexibility index (Phi) is 6.67. The van der Waals surface area contributed by atoms with Gasteiger partial charge in [-0.25, -0.2) is 0 Å². The number of aromatic nitrogens is 1. The molecule has 2 aromatic rings.